The molecule has 0 aromatic heterocycles. The molecule has 1 fully saturated rings. The van der Waals surface area contributed by atoms with Crippen LogP contribution in [0.15, 0.2) is 11.8 Å². The van der Waals surface area contributed by atoms with Gasteiger partial charge in [0.2, 0.25) is 0 Å². The maximum Gasteiger partial charge on any atom is 0.0175 e. The Labute approximate surface area is 75.4 Å². The van der Waals surface area contributed by atoms with Crippen LogP contribution in [-0.2, 0) is 0 Å². The summed E-state index contributed by atoms with van der Waals surface area (Å²) < 4.78 is 0. The minimum Gasteiger partial charge on any atom is -0.375 e. The van der Waals surface area contributed by atoms with E-state index in [0.717, 1.165) is 5.92 Å². The summed E-state index contributed by atoms with van der Waals surface area (Å²) in [7, 11) is 0. The number of nitrogens with zero attached hydrogens (tertiary/aromatic N) is 1. The van der Waals surface area contributed by atoms with Crippen molar-refractivity contribution in [3.05, 3.63) is 11.8 Å². The van der Waals surface area contributed by atoms with Crippen molar-refractivity contribution >= 4 is 0 Å². The van der Waals surface area contributed by atoms with Crippen molar-refractivity contribution < 1.29 is 0 Å². The van der Waals surface area contributed by atoms with E-state index >= 15 is 0 Å². The van der Waals surface area contributed by atoms with Crippen molar-refractivity contribution in [1.82, 2.24) is 4.90 Å². The minimum absolute atomic E-state index is 0.927. The predicted molar refractivity (Wildman–Crippen MR) is 51.9 cm³/mol. The molecule has 0 aromatic carbocycles. The van der Waals surface area contributed by atoms with Crippen LogP contribution in [0, 0.1) is 5.92 Å². The quantitative estimate of drug-likeness (QED) is 0.577. The van der Waals surface area contributed by atoms with Gasteiger partial charge in [0.25, 0.3) is 0 Å². The van der Waals surface area contributed by atoms with Crippen molar-refractivity contribution in [2.75, 3.05) is 13.1 Å². The summed E-state index contributed by atoms with van der Waals surface area (Å²) in [5.41, 5.74) is 1.64. The standard InChI is InChI=1S/C11H19N/c1-10-4-6-11(7-5-10)12-8-2-3-9-12/h6,10H,2-5,7-9H2,1H3. The Kier molecular flexibility index (Phi) is 2.38. The van der Waals surface area contributed by atoms with E-state index in [0.29, 0.717) is 0 Å². The first-order valence-electron chi connectivity index (χ1n) is 5.30. The SMILES string of the molecule is CC1CC=C(N2CCCC2)CC1. The Morgan fingerprint density at radius 3 is 2.67 bits per heavy atom. The first kappa shape index (κ1) is 8.15. The fraction of sp³-hybridized carbons (Fsp3) is 0.818. The molecule has 0 saturated carbocycles. The summed E-state index contributed by atoms with van der Waals surface area (Å²) in [6, 6.07) is 0. The zero-order chi connectivity index (χ0) is 8.39. The Balaban J connectivity index is 1.94. The second-order valence-electron chi connectivity index (χ2n) is 4.27. The van der Waals surface area contributed by atoms with E-state index in [1.807, 2.05) is 0 Å². The summed E-state index contributed by atoms with van der Waals surface area (Å²) in [6.07, 6.45) is 9.34. The van der Waals surface area contributed by atoms with Crippen molar-refractivity contribution in [3.63, 3.8) is 0 Å². The number of hydrogen-bond donors (Lipinski definition) is 0. The molecular weight excluding hydrogens is 146 g/mol. The molecule has 0 bridgehead atoms. The van der Waals surface area contributed by atoms with Gasteiger partial charge < -0.3 is 4.90 Å². The van der Waals surface area contributed by atoms with Crippen LogP contribution < -0.4 is 0 Å². The van der Waals surface area contributed by atoms with Crippen molar-refractivity contribution in [1.29, 1.82) is 0 Å². The van der Waals surface area contributed by atoms with Crippen LogP contribution in [0.2, 0.25) is 0 Å². The molecule has 0 radical (unpaired) electrons. The molecule has 68 valence electrons. The number of allylic oxidation sites excluding steroid dienone is 2. The first-order valence-corrected chi connectivity index (χ1v) is 5.30. The van der Waals surface area contributed by atoms with Gasteiger partial charge in [-0.2, -0.15) is 0 Å². The van der Waals surface area contributed by atoms with E-state index in [1.54, 1.807) is 5.70 Å². The molecule has 1 unspecified atom stereocenters. The van der Waals surface area contributed by atoms with Crippen LogP contribution in [0.1, 0.15) is 39.0 Å². The molecule has 1 heteroatoms. The molecule has 0 amide bonds. The lowest BCUT2D eigenvalue weighted by Gasteiger charge is -2.26. The zero-order valence-corrected chi connectivity index (χ0v) is 8.05. The molecular formula is C11H19N. The Hall–Kier alpha value is -0.460. The van der Waals surface area contributed by atoms with Gasteiger partial charge in [-0.15, -0.1) is 0 Å². The molecule has 1 atom stereocenters. The van der Waals surface area contributed by atoms with Gasteiger partial charge in [-0.3, -0.25) is 0 Å². The van der Waals surface area contributed by atoms with Gasteiger partial charge in [-0.25, -0.2) is 0 Å². The van der Waals surface area contributed by atoms with Gasteiger partial charge in [0, 0.05) is 18.8 Å². The van der Waals surface area contributed by atoms with Gasteiger partial charge in [0.05, 0.1) is 0 Å². The Morgan fingerprint density at radius 2 is 2.08 bits per heavy atom. The van der Waals surface area contributed by atoms with Crippen molar-refractivity contribution in [2.24, 2.45) is 5.92 Å². The maximum atomic E-state index is 2.59. The fourth-order valence-electron chi connectivity index (χ4n) is 2.24. The highest BCUT2D eigenvalue weighted by Gasteiger charge is 2.17. The first-order chi connectivity index (χ1) is 5.86. The third-order valence-corrected chi connectivity index (χ3v) is 3.16. The average Bonchev–Trinajstić information content (AvgIpc) is 2.58. The molecule has 2 aliphatic rings. The second-order valence-corrected chi connectivity index (χ2v) is 4.27. The molecule has 1 saturated heterocycles. The highest BCUT2D eigenvalue weighted by Crippen LogP contribution is 2.27. The van der Waals surface area contributed by atoms with Crippen LogP contribution in [0.25, 0.3) is 0 Å². The normalized spacial score (nSPS) is 30.6. The van der Waals surface area contributed by atoms with Gasteiger partial charge >= 0.3 is 0 Å². The fourth-order valence-corrected chi connectivity index (χ4v) is 2.24. The highest BCUT2D eigenvalue weighted by molar-refractivity contribution is 5.06. The molecule has 1 heterocycles. The largest absolute Gasteiger partial charge is 0.375 e. The Morgan fingerprint density at radius 1 is 1.33 bits per heavy atom. The van der Waals surface area contributed by atoms with Crippen LogP contribution in [-0.4, -0.2) is 18.0 Å². The summed E-state index contributed by atoms with van der Waals surface area (Å²) in [5, 5.41) is 0. The summed E-state index contributed by atoms with van der Waals surface area (Å²) >= 11 is 0. The van der Waals surface area contributed by atoms with E-state index in [2.05, 4.69) is 17.9 Å². The van der Waals surface area contributed by atoms with Gasteiger partial charge in [0.1, 0.15) is 0 Å². The number of hydrogen-bond acceptors (Lipinski definition) is 1. The lowest BCUT2D eigenvalue weighted by molar-refractivity contribution is 0.369. The molecule has 1 nitrogen and oxygen atoms in total. The average molecular weight is 165 g/mol. The predicted octanol–water partition coefficient (Wildman–Crippen LogP) is 2.79. The van der Waals surface area contributed by atoms with Crippen molar-refractivity contribution in [2.45, 2.75) is 39.0 Å². The summed E-state index contributed by atoms with van der Waals surface area (Å²) in [6.45, 7) is 5.00. The van der Waals surface area contributed by atoms with E-state index in [9.17, 15) is 0 Å². The van der Waals surface area contributed by atoms with Crippen LogP contribution in [0.5, 0.6) is 0 Å². The lowest BCUT2D eigenvalue weighted by atomic mass is 9.94. The topological polar surface area (TPSA) is 3.24 Å². The van der Waals surface area contributed by atoms with Crippen LogP contribution in [0.3, 0.4) is 0 Å². The van der Waals surface area contributed by atoms with Crippen molar-refractivity contribution in [3.8, 4) is 0 Å². The van der Waals surface area contributed by atoms with Gasteiger partial charge in [-0.05, 0) is 38.0 Å². The Bertz CT molecular complexity index is 177. The molecule has 0 aromatic rings. The van der Waals surface area contributed by atoms with E-state index < -0.39 is 0 Å². The third kappa shape index (κ3) is 1.65. The molecule has 12 heavy (non-hydrogen) atoms. The second kappa shape index (κ2) is 3.51. The van der Waals surface area contributed by atoms with E-state index in [1.165, 1.54) is 45.2 Å². The van der Waals surface area contributed by atoms with E-state index in [4.69, 9.17) is 0 Å². The summed E-state index contributed by atoms with van der Waals surface area (Å²) in [5.74, 6) is 0.927. The lowest BCUT2D eigenvalue weighted by Crippen LogP contribution is -2.21. The third-order valence-electron chi connectivity index (χ3n) is 3.16. The molecule has 1 aliphatic heterocycles. The molecule has 0 spiro atoms. The zero-order valence-electron chi connectivity index (χ0n) is 8.05. The molecule has 0 N–H and O–H groups in total. The maximum absolute atomic E-state index is 2.59. The smallest absolute Gasteiger partial charge is 0.0175 e. The summed E-state index contributed by atoms with van der Waals surface area (Å²) in [4.78, 5) is 2.59. The molecule has 1 aliphatic carbocycles. The van der Waals surface area contributed by atoms with Crippen LogP contribution in [0.4, 0.5) is 0 Å². The van der Waals surface area contributed by atoms with Gasteiger partial charge in [0.15, 0.2) is 0 Å². The minimum atomic E-state index is 0.927. The number of likely N-dealkylation sites (tertiary alicyclic amines) is 1. The monoisotopic (exact) mass is 165 g/mol. The van der Waals surface area contributed by atoms with Gasteiger partial charge in [-0.1, -0.05) is 13.0 Å². The van der Waals surface area contributed by atoms with E-state index in [-0.39, 0.29) is 0 Å². The van der Waals surface area contributed by atoms with Crippen LogP contribution >= 0.6 is 0 Å². The number of rotatable bonds is 1. The molecule has 2 rings (SSSR count). The highest BCUT2D eigenvalue weighted by atomic mass is 15.1.